The van der Waals surface area contributed by atoms with Crippen LogP contribution in [0.25, 0.3) is 0 Å². The lowest BCUT2D eigenvalue weighted by Gasteiger charge is -2.14. The van der Waals surface area contributed by atoms with Crippen LogP contribution in [0.1, 0.15) is 13.3 Å². The van der Waals surface area contributed by atoms with E-state index in [1.165, 1.54) is 6.42 Å². The summed E-state index contributed by atoms with van der Waals surface area (Å²) in [6, 6.07) is 0. The van der Waals surface area contributed by atoms with Gasteiger partial charge in [-0.25, -0.2) is 0 Å². The van der Waals surface area contributed by atoms with Crippen LogP contribution in [0.5, 0.6) is 0 Å². The molecule has 2 N–H and O–H groups in total. The predicted octanol–water partition coefficient (Wildman–Crippen LogP) is 0.224. The Hall–Kier alpha value is -0.560. The molecule has 14 heavy (non-hydrogen) atoms. The van der Waals surface area contributed by atoms with E-state index in [0.29, 0.717) is 18.6 Å². The summed E-state index contributed by atoms with van der Waals surface area (Å²) in [5.74, 6) is 3.23. The van der Waals surface area contributed by atoms with Gasteiger partial charge in [-0.15, -0.1) is 6.42 Å². The van der Waals surface area contributed by atoms with Crippen molar-refractivity contribution >= 4 is 0 Å². The largest absolute Gasteiger partial charge is 0.378 e. The average molecular weight is 196 g/mol. The first-order chi connectivity index (χ1) is 6.84. The molecular weight excluding hydrogens is 176 g/mol. The van der Waals surface area contributed by atoms with Crippen LogP contribution < -0.4 is 10.6 Å². The molecule has 2 atom stereocenters. The fraction of sp³-hybridized carbons (Fsp3) is 0.818. The Morgan fingerprint density at radius 3 is 2.86 bits per heavy atom. The summed E-state index contributed by atoms with van der Waals surface area (Å²) in [5.41, 5.74) is 0. The quantitative estimate of drug-likeness (QED) is 0.471. The molecule has 1 fully saturated rings. The van der Waals surface area contributed by atoms with Gasteiger partial charge in [0, 0.05) is 26.2 Å². The van der Waals surface area contributed by atoms with Gasteiger partial charge in [-0.3, -0.25) is 0 Å². The van der Waals surface area contributed by atoms with E-state index in [1.54, 1.807) is 0 Å². The van der Waals surface area contributed by atoms with Crippen LogP contribution in [0, 0.1) is 18.3 Å². The number of hydrogen-bond acceptors (Lipinski definition) is 3. The number of ether oxygens (including phenoxy) is 1. The van der Waals surface area contributed by atoms with Crippen LogP contribution in [0.4, 0.5) is 0 Å². The van der Waals surface area contributed by atoms with Gasteiger partial charge in [-0.1, -0.05) is 5.92 Å². The highest BCUT2D eigenvalue weighted by molar-refractivity contribution is 4.86. The molecule has 80 valence electrons. The third-order valence-electron chi connectivity index (χ3n) is 2.65. The van der Waals surface area contributed by atoms with Gasteiger partial charge in [-0.05, 0) is 19.3 Å². The van der Waals surface area contributed by atoms with Crippen molar-refractivity contribution in [3.8, 4) is 12.3 Å². The first-order valence-corrected chi connectivity index (χ1v) is 5.31. The lowest BCUT2D eigenvalue weighted by molar-refractivity contribution is 0.105. The summed E-state index contributed by atoms with van der Waals surface area (Å²) < 4.78 is 5.48. The molecule has 1 saturated heterocycles. The molecule has 0 aliphatic carbocycles. The molecule has 0 aromatic heterocycles. The van der Waals surface area contributed by atoms with Gasteiger partial charge in [-0.2, -0.15) is 0 Å². The molecule has 0 aromatic rings. The molecule has 0 saturated carbocycles. The van der Waals surface area contributed by atoms with Crippen LogP contribution in [0.3, 0.4) is 0 Å². The van der Waals surface area contributed by atoms with Crippen LogP contribution >= 0.6 is 0 Å². The van der Waals surface area contributed by atoms with Crippen LogP contribution in [-0.4, -0.2) is 38.9 Å². The SMILES string of the molecule is C#CCNCCNCC1CCOC1C. The number of rotatable bonds is 6. The van der Waals surface area contributed by atoms with Crippen molar-refractivity contribution in [2.24, 2.45) is 5.92 Å². The third kappa shape index (κ3) is 4.10. The second-order valence-corrected chi connectivity index (χ2v) is 3.71. The van der Waals surface area contributed by atoms with E-state index in [4.69, 9.17) is 11.2 Å². The van der Waals surface area contributed by atoms with Crippen molar-refractivity contribution in [1.82, 2.24) is 10.6 Å². The molecule has 3 nitrogen and oxygen atoms in total. The predicted molar refractivity (Wildman–Crippen MR) is 58.1 cm³/mol. The Morgan fingerprint density at radius 2 is 2.21 bits per heavy atom. The highest BCUT2D eigenvalue weighted by Crippen LogP contribution is 2.18. The maximum absolute atomic E-state index is 5.48. The molecule has 0 spiro atoms. The summed E-state index contributed by atoms with van der Waals surface area (Å²) in [6.07, 6.45) is 6.72. The molecule has 1 rings (SSSR count). The van der Waals surface area contributed by atoms with E-state index in [1.807, 2.05) is 0 Å². The first-order valence-electron chi connectivity index (χ1n) is 5.31. The maximum Gasteiger partial charge on any atom is 0.0588 e. The second-order valence-electron chi connectivity index (χ2n) is 3.71. The van der Waals surface area contributed by atoms with Gasteiger partial charge >= 0.3 is 0 Å². The van der Waals surface area contributed by atoms with Gasteiger partial charge < -0.3 is 15.4 Å². The molecule has 0 amide bonds. The van der Waals surface area contributed by atoms with E-state index < -0.39 is 0 Å². The maximum atomic E-state index is 5.48. The van der Waals surface area contributed by atoms with Crippen molar-refractivity contribution in [3.63, 3.8) is 0 Å². The van der Waals surface area contributed by atoms with Gasteiger partial charge in [0.05, 0.1) is 12.6 Å². The minimum absolute atomic E-state index is 0.418. The van der Waals surface area contributed by atoms with Crippen LogP contribution in [0.2, 0.25) is 0 Å². The molecule has 0 aromatic carbocycles. The fourth-order valence-corrected chi connectivity index (χ4v) is 1.67. The highest BCUT2D eigenvalue weighted by atomic mass is 16.5. The Bertz CT molecular complexity index is 188. The Balaban J connectivity index is 1.91. The van der Waals surface area contributed by atoms with Gasteiger partial charge in [0.15, 0.2) is 0 Å². The van der Waals surface area contributed by atoms with E-state index in [9.17, 15) is 0 Å². The molecule has 1 heterocycles. The van der Waals surface area contributed by atoms with E-state index >= 15 is 0 Å². The van der Waals surface area contributed by atoms with Crippen molar-refractivity contribution in [1.29, 1.82) is 0 Å². The normalized spacial score (nSPS) is 26.3. The van der Waals surface area contributed by atoms with E-state index in [0.717, 1.165) is 26.2 Å². The van der Waals surface area contributed by atoms with Crippen LogP contribution in [-0.2, 0) is 4.74 Å². The molecule has 0 bridgehead atoms. The smallest absolute Gasteiger partial charge is 0.0588 e. The van der Waals surface area contributed by atoms with Gasteiger partial charge in [0.25, 0.3) is 0 Å². The van der Waals surface area contributed by atoms with Crippen molar-refractivity contribution in [2.45, 2.75) is 19.4 Å². The topological polar surface area (TPSA) is 33.3 Å². The van der Waals surface area contributed by atoms with E-state index in [-0.39, 0.29) is 0 Å². The number of nitrogens with one attached hydrogen (secondary N) is 2. The zero-order valence-corrected chi connectivity index (χ0v) is 8.88. The van der Waals surface area contributed by atoms with Crippen LogP contribution in [0.15, 0.2) is 0 Å². The summed E-state index contributed by atoms with van der Waals surface area (Å²) in [7, 11) is 0. The minimum atomic E-state index is 0.418. The second kappa shape index (κ2) is 6.83. The Kier molecular flexibility index (Phi) is 5.62. The average Bonchev–Trinajstić information content (AvgIpc) is 2.58. The Morgan fingerprint density at radius 1 is 1.43 bits per heavy atom. The monoisotopic (exact) mass is 196 g/mol. The Labute approximate surface area is 86.6 Å². The van der Waals surface area contributed by atoms with Gasteiger partial charge in [0.2, 0.25) is 0 Å². The highest BCUT2D eigenvalue weighted by Gasteiger charge is 2.23. The van der Waals surface area contributed by atoms with Gasteiger partial charge in [0.1, 0.15) is 0 Å². The zero-order valence-electron chi connectivity index (χ0n) is 8.88. The lowest BCUT2D eigenvalue weighted by Crippen LogP contribution is -2.32. The molecule has 3 heteroatoms. The molecular formula is C11H20N2O. The number of hydrogen-bond donors (Lipinski definition) is 2. The summed E-state index contributed by atoms with van der Waals surface area (Å²) in [6.45, 7) is 6.69. The van der Waals surface area contributed by atoms with Crippen molar-refractivity contribution in [3.05, 3.63) is 0 Å². The summed E-state index contributed by atoms with van der Waals surface area (Å²) >= 11 is 0. The summed E-state index contributed by atoms with van der Waals surface area (Å²) in [5, 5.41) is 6.55. The van der Waals surface area contributed by atoms with Crippen molar-refractivity contribution in [2.75, 3.05) is 32.8 Å². The standard InChI is InChI=1S/C11H20N2O/c1-3-5-12-6-7-13-9-11-4-8-14-10(11)2/h1,10-13H,4-9H2,2H3. The number of terminal acetylenes is 1. The fourth-order valence-electron chi connectivity index (χ4n) is 1.67. The zero-order chi connectivity index (χ0) is 10.2. The summed E-state index contributed by atoms with van der Waals surface area (Å²) in [4.78, 5) is 0. The van der Waals surface area contributed by atoms with Crippen molar-refractivity contribution < 1.29 is 4.74 Å². The third-order valence-corrected chi connectivity index (χ3v) is 2.65. The van der Waals surface area contributed by atoms with E-state index in [2.05, 4.69) is 23.5 Å². The molecule has 1 aliphatic rings. The molecule has 1 aliphatic heterocycles. The lowest BCUT2D eigenvalue weighted by atomic mass is 10.0. The molecule has 0 radical (unpaired) electrons. The first kappa shape index (κ1) is 11.5. The molecule has 2 unspecified atom stereocenters. The minimum Gasteiger partial charge on any atom is -0.378 e.